The van der Waals surface area contributed by atoms with E-state index in [0.29, 0.717) is 5.56 Å². The largest absolute Gasteiger partial charge is 0.457 e. The van der Waals surface area contributed by atoms with Crippen molar-refractivity contribution >= 4 is 21.7 Å². The summed E-state index contributed by atoms with van der Waals surface area (Å²) in [5.41, 5.74) is 1.79. The van der Waals surface area contributed by atoms with E-state index >= 15 is 0 Å². The Morgan fingerprint density at radius 2 is 2.04 bits per heavy atom. The van der Waals surface area contributed by atoms with Crippen molar-refractivity contribution in [3.63, 3.8) is 0 Å². The van der Waals surface area contributed by atoms with Crippen LogP contribution < -0.4 is 9.24 Å². The van der Waals surface area contributed by atoms with Gasteiger partial charge in [0, 0.05) is 6.07 Å². The van der Waals surface area contributed by atoms with Gasteiger partial charge < -0.3 is 0 Å². The molecule has 0 bridgehead atoms. The Hall–Kier alpha value is -3.32. The van der Waals surface area contributed by atoms with Crippen molar-refractivity contribution in [2.75, 3.05) is 0 Å². The van der Waals surface area contributed by atoms with Crippen LogP contribution in [-0.4, -0.2) is 29.4 Å². The third kappa shape index (κ3) is 3.25. The molecule has 3 aromatic rings. The molecule has 2 N–H and O–H groups in total. The van der Waals surface area contributed by atoms with Gasteiger partial charge >= 0.3 is 17.5 Å². The Bertz CT molecular complexity index is 1160. The molecule has 0 radical (unpaired) electrons. The Balaban J connectivity index is 1.95. The fourth-order valence-corrected chi connectivity index (χ4v) is 3.73. The lowest BCUT2D eigenvalue weighted by Gasteiger charge is -2.08. The number of aryl methyl sites for hydroxylation is 2. The van der Waals surface area contributed by atoms with Crippen LogP contribution in [0.2, 0.25) is 0 Å². The summed E-state index contributed by atoms with van der Waals surface area (Å²) >= 11 is 0. The second-order valence-electron chi connectivity index (χ2n) is 5.62. The SMILES string of the molecule is Cc1cc(C)[n+]2[nH]c(C(=O)NS(=O)(=O)c3ccccc3CC#N)nc2n1. The van der Waals surface area contributed by atoms with Crippen LogP contribution in [0, 0.1) is 25.2 Å². The minimum Gasteiger partial charge on any atom is -0.263 e. The van der Waals surface area contributed by atoms with Gasteiger partial charge in [-0.2, -0.15) is 5.26 Å². The molecule has 0 unspecified atom stereocenters. The van der Waals surface area contributed by atoms with Crippen molar-refractivity contribution in [2.24, 2.45) is 0 Å². The number of sulfonamides is 1. The quantitative estimate of drug-likeness (QED) is 0.636. The molecule has 10 heteroatoms. The fraction of sp³-hybridized carbons (Fsp3) is 0.188. The molecule has 2 heterocycles. The van der Waals surface area contributed by atoms with Crippen molar-refractivity contribution < 1.29 is 17.7 Å². The normalized spacial score (nSPS) is 11.3. The third-order valence-electron chi connectivity index (χ3n) is 3.65. The van der Waals surface area contributed by atoms with Crippen molar-refractivity contribution in [3.8, 4) is 6.07 Å². The van der Waals surface area contributed by atoms with Gasteiger partial charge in [0.25, 0.3) is 10.0 Å². The summed E-state index contributed by atoms with van der Waals surface area (Å²) in [5.74, 6) is -0.846. The molecule has 0 aliphatic carbocycles. The predicted molar refractivity (Wildman–Crippen MR) is 89.4 cm³/mol. The van der Waals surface area contributed by atoms with Crippen LogP contribution in [0.1, 0.15) is 27.6 Å². The maximum absolute atomic E-state index is 12.5. The van der Waals surface area contributed by atoms with E-state index in [1.807, 2.05) is 10.8 Å². The zero-order valence-corrected chi connectivity index (χ0v) is 14.8. The number of aromatic nitrogens is 4. The highest BCUT2D eigenvalue weighted by Gasteiger charge is 2.27. The van der Waals surface area contributed by atoms with E-state index in [2.05, 4.69) is 15.1 Å². The summed E-state index contributed by atoms with van der Waals surface area (Å²) in [6, 6.07) is 9.70. The summed E-state index contributed by atoms with van der Waals surface area (Å²) in [6.45, 7) is 3.59. The molecule has 26 heavy (non-hydrogen) atoms. The molecule has 0 atom stereocenters. The van der Waals surface area contributed by atoms with Gasteiger partial charge in [0.15, 0.2) is 0 Å². The van der Waals surface area contributed by atoms with Gasteiger partial charge in [-0.1, -0.05) is 23.2 Å². The van der Waals surface area contributed by atoms with Crippen LogP contribution in [0.4, 0.5) is 0 Å². The van der Waals surface area contributed by atoms with Gasteiger partial charge in [-0.15, -0.1) is 4.52 Å². The number of nitrogens with one attached hydrogen (secondary N) is 2. The molecular weight excluding hydrogens is 356 g/mol. The van der Waals surface area contributed by atoms with Crippen LogP contribution in [-0.2, 0) is 16.4 Å². The number of hydrogen-bond acceptors (Lipinski definition) is 6. The van der Waals surface area contributed by atoms with Crippen molar-refractivity contribution in [2.45, 2.75) is 25.2 Å². The number of nitriles is 1. The highest BCUT2D eigenvalue weighted by atomic mass is 32.2. The molecule has 0 saturated heterocycles. The lowest BCUT2D eigenvalue weighted by atomic mass is 10.2. The summed E-state index contributed by atoms with van der Waals surface area (Å²) in [4.78, 5) is 20.5. The van der Waals surface area contributed by atoms with Gasteiger partial charge in [-0.05, 0) is 30.5 Å². The lowest BCUT2D eigenvalue weighted by Crippen LogP contribution is -2.34. The van der Waals surface area contributed by atoms with Crippen molar-refractivity contribution in [1.29, 1.82) is 5.26 Å². The fourth-order valence-electron chi connectivity index (χ4n) is 2.53. The average Bonchev–Trinajstić information content (AvgIpc) is 2.99. The maximum Gasteiger partial charge on any atom is 0.457 e. The Labute approximate surface area is 149 Å². The molecule has 3 rings (SSSR count). The van der Waals surface area contributed by atoms with Crippen LogP contribution >= 0.6 is 0 Å². The molecule has 1 amide bonds. The van der Waals surface area contributed by atoms with Gasteiger partial charge in [0.2, 0.25) is 0 Å². The van der Waals surface area contributed by atoms with E-state index in [9.17, 15) is 13.2 Å². The number of carbonyl (C=O) groups is 1. The minimum atomic E-state index is -4.16. The second-order valence-corrected chi connectivity index (χ2v) is 7.27. The Kier molecular flexibility index (Phi) is 4.40. The molecule has 1 aromatic carbocycles. The average molecular weight is 371 g/mol. The molecular formula is C16H15N6O3S+. The van der Waals surface area contributed by atoms with Gasteiger partial charge in [0.1, 0.15) is 11.4 Å². The number of benzene rings is 1. The standard InChI is InChI=1S/C16H14N6O3S/c1-10-9-11(2)22-16(18-10)19-14(20-22)15(23)21-26(24,25)13-6-4-3-5-12(13)7-8-17/h3-6,9H,7H2,1-2H3,(H,21,23)/p+1. The summed E-state index contributed by atoms with van der Waals surface area (Å²) in [6.07, 6.45) is -0.0891. The number of rotatable bonds is 4. The molecule has 0 aliphatic rings. The molecule has 0 fully saturated rings. The van der Waals surface area contributed by atoms with Crippen molar-refractivity contribution in [3.05, 3.63) is 53.1 Å². The van der Waals surface area contributed by atoms with E-state index in [-0.39, 0.29) is 22.9 Å². The highest BCUT2D eigenvalue weighted by molar-refractivity contribution is 7.90. The minimum absolute atomic E-state index is 0.0891. The zero-order chi connectivity index (χ0) is 18.9. The van der Waals surface area contributed by atoms with E-state index in [4.69, 9.17) is 5.26 Å². The zero-order valence-electron chi connectivity index (χ0n) is 14.0. The monoisotopic (exact) mass is 371 g/mol. The highest BCUT2D eigenvalue weighted by Crippen LogP contribution is 2.16. The van der Waals surface area contributed by atoms with Gasteiger partial charge in [0.05, 0.1) is 17.4 Å². The van der Waals surface area contributed by atoms with E-state index in [1.165, 1.54) is 22.7 Å². The number of amides is 1. The molecule has 9 nitrogen and oxygen atoms in total. The topological polar surface area (TPSA) is 133 Å². The number of H-pyrrole nitrogens is 1. The Morgan fingerprint density at radius 3 is 2.77 bits per heavy atom. The van der Waals surface area contributed by atoms with E-state index in [0.717, 1.165) is 11.4 Å². The first-order valence-electron chi connectivity index (χ1n) is 7.60. The number of fused-ring (bicyclic) bond motifs is 1. The third-order valence-corrected chi connectivity index (χ3v) is 5.08. The van der Waals surface area contributed by atoms with Crippen LogP contribution in [0.5, 0.6) is 0 Å². The van der Waals surface area contributed by atoms with Crippen LogP contribution in [0.3, 0.4) is 0 Å². The van der Waals surface area contributed by atoms with Gasteiger partial charge in [-0.3, -0.25) is 4.79 Å². The number of hydrogen-bond donors (Lipinski definition) is 2. The number of nitrogens with zero attached hydrogens (tertiary/aromatic N) is 4. The summed E-state index contributed by atoms with van der Waals surface area (Å²) < 4.78 is 28.5. The first kappa shape index (κ1) is 17.5. The molecule has 0 spiro atoms. The first-order valence-corrected chi connectivity index (χ1v) is 9.08. The first-order chi connectivity index (χ1) is 12.3. The number of aromatic amines is 1. The molecule has 132 valence electrons. The predicted octanol–water partition coefficient (Wildman–Crippen LogP) is 0.345. The lowest BCUT2D eigenvalue weighted by molar-refractivity contribution is -0.587. The van der Waals surface area contributed by atoms with Crippen molar-refractivity contribution in [1.82, 2.24) is 19.8 Å². The smallest absolute Gasteiger partial charge is 0.263 e. The molecule has 2 aromatic heterocycles. The van der Waals surface area contributed by atoms with E-state index < -0.39 is 15.9 Å². The summed E-state index contributed by atoms with van der Waals surface area (Å²) in [7, 11) is -4.16. The second kappa shape index (κ2) is 6.53. The van der Waals surface area contributed by atoms with Gasteiger partial charge in [-0.25, -0.2) is 18.2 Å². The number of carbonyl (C=O) groups excluding carboxylic acids is 1. The van der Waals surface area contributed by atoms with E-state index in [1.54, 1.807) is 26.0 Å². The van der Waals surface area contributed by atoms with Crippen LogP contribution in [0.15, 0.2) is 35.2 Å². The summed E-state index contributed by atoms with van der Waals surface area (Å²) in [5, 5.41) is 11.6. The molecule has 0 aliphatic heterocycles. The van der Waals surface area contributed by atoms with Crippen LogP contribution in [0.25, 0.3) is 5.78 Å². The maximum atomic E-state index is 12.5. The molecule has 0 saturated carbocycles. The Morgan fingerprint density at radius 1 is 1.31 bits per heavy atom.